The summed E-state index contributed by atoms with van der Waals surface area (Å²) < 4.78 is 0. The highest BCUT2D eigenvalue weighted by molar-refractivity contribution is 7.99. The average Bonchev–Trinajstić information content (AvgIpc) is 2.82. The van der Waals surface area contributed by atoms with E-state index >= 15 is 0 Å². The number of rotatable bonds is 6. The predicted octanol–water partition coefficient (Wildman–Crippen LogP) is 2.89. The molecule has 0 saturated heterocycles. The molecule has 1 fully saturated rings. The molecule has 0 heterocycles. The zero-order valence-electron chi connectivity index (χ0n) is 9.18. The molecule has 1 unspecified atom stereocenters. The third kappa shape index (κ3) is 3.51. The predicted molar refractivity (Wildman–Crippen MR) is 62.1 cm³/mol. The molecule has 0 aliphatic heterocycles. The van der Waals surface area contributed by atoms with Crippen molar-refractivity contribution in [2.24, 2.45) is 17.1 Å². The molecule has 1 atom stereocenters. The third-order valence-electron chi connectivity index (χ3n) is 3.22. The molecule has 1 nitrogen and oxygen atoms in total. The summed E-state index contributed by atoms with van der Waals surface area (Å²) in [6.45, 7) is 7.82. The molecule has 0 spiro atoms. The Bertz CT molecular complexity index is 152. The largest absolute Gasteiger partial charge is 0.330 e. The van der Waals surface area contributed by atoms with Crippen LogP contribution >= 0.6 is 11.8 Å². The van der Waals surface area contributed by atoms with Crippen molar-refractivity contribution in [2.45, 2.75) is 45.3 Å². The van der Waals surface area contributed by atoms with Gasteiger partial charge in [-0.05, 0) is 42.9 Å². The van der Waals surface area contributed by atoms with Crippen LogP contribution in [-0.4, -0.2) is 17.5 Å². The SMILES string of the molecule is CC(C)C(C)SCC1(CCN)CC1. The van der Waals surface area contributed by atoms with E-state index in [1.54, 1.807) is 0 Å². The van der Waals surface area contributed by atoms with Gasteiger partial charge >= 0.3 is 0 Å². The van der Waals surface area contributed by atoms with E-state index < -0.39 is 0 Å². The van der Waals surface area contributed by atoms with Gasteiger partial charge in [0.25, 0.3) is 0 Å². The number of nitrogens with two attached hydrogens (primary N) is 1. The molecule has 0 bridgehead atoms. The Balaban J connectivity index is 2.18. The van der Waals surface area contributed by atoms with Crippen molar-refractivity contribution in [1.29, 1.82) is 0 Å². The van der Waals surface area contributed by atoms with E-state index in [9.17, 15) is 0 Å². The topological polar surface area (TPSA) is 26.0 Å². The molecule has 2 N–H and O–H groups in total. The smallest absolute Gasteiger partial charge is 0.00419 e. The summed E-state index contributed by atoms with van der Waals surface area (Å²) in [5.74, 6) is 2.14. The number of hydrogen-bond donors (Lipinski definition) is 1. The van der Waals surface area contributed by atoms with E-state index in [0.717, 1.165) is 17.7 Å². The lowest BCUT2D eigenvalue weighted by Gasteiger charge is -2.19. The van der Waals surface area contributed by atoms with E-state index in [1.165, 1.54) is 25.0 Å². The Labute approximate surface area is 86.8 Å². The second-order valence-electron chi connectivity index (χ2n) is 4.80. The minimum absolute atomic E-state index is 0.655. The highest BCUT2D eigenvalue weighted by atomic mass is 32.2. The van der Waals surface area contributed by atoms with Crippen molar-refractivity contribution < 1.29 is 0 Å². The molecule has 0 aromatic carbocycles. The van der Waals surface area contributed by atoms with E-state index in [4.69, 9.17) is 5.73 Å². The summed E-state index contributed by atoms with van der Waals surface area (Å²) in [7, 11) is 0. The first kappa shape index (κ1) is 11.4. The first-order chi connectivity index (χ1) is 6.09. The van der Waals surface area contributed by atoms with Gasteiger partial charge in [0.1, 0.15) is 0 Å². The molecule has 0 radical (unpaired) electrons. The summed E-state index contributed by atoms with van der Waals surface area (Å²) in [4.78, 5) is 0. The lowest BCUT2D eigenvalue weighted by atomic mass is 10.1. The van der Waals surface area contributed by atoms with Gasteiger partial charge in [0.05, 0.1) is 0 Å². The van der Waals surface area contributed by atoms with Crippen molar-refractivity contribution in [3.05, 3.63) is 0 Å². The highest BCUT2D eigenvalue weighted by Crippen LogP contribution is 2.51. The quantitative estimate of drug-likeness (QED) is 0.715. The first-order valence-electron chi connectivity index (χ1n) is 5.41. The molecule has 1 rings (SSSR count). The lowest BCUT2D eigenvalue weighted by Crippen LogP contribution is -2.15. The Morgan fingerprint density at radius 1 is 1.31 bits per heavy atom. The average molecular weight is 201 g/mol. The van der Waals surface area contributed by atoms with Crippen molar-refractivity contribution in [2.75, 3.05) is 12.3 Å². The van der Waals surface area contributed by atoms with E-state index in [2.05, 4.69) is 32.5 Å². The minimum atomic E-state index is 0.655. The Kier molecular flexibility index (Phi) is 4.11. The monoisotopic (exact) mass is 201 g/mol. The highest BCUT2D eigenvalue weighted by Gasteiger charge is 2.41. The molecule has 0 aromatic rings. The van der Waals surface area contributed by atoms with Crippen LogP contribution in [0.4, 0.5) is 0 Å². The molecular weight excluding hydrogens is 178 g/mol. The summed E-state index contributed by atoms with van der Waals surface area (Å²) in [5, 5.41) is 0.801. The standard InChI is InChI=1S/C11H23NS/c1-9(2)10(3)13-8-11(4-5-11)6-7-12/h9-10H,4-8,12H2,1-3H3. The number of hydrogen-bond acceptors (Lipinski definition) is 2. The van der Waals surface area contributed by atoms with Crippen LogP contribution in [0.3, 0.4) is 0 Å². The van der Waals surface area contributed by atoms with E-state index in [0.29, 0.717) is 5.41 Å². The second-order valence-corrected chi connectivity index (χ2v) is 6.16. The van der Waals surface area contributed by atoms with Gasteiger partial charge in [-0.3, -0.25) is 0 Å². The molecule has 0 aromatic heterocycles. The van der Waals surface area contributed by atoms with Crippen LogP contribution in [0.25, 0.3) is 0 Å². The fourth-order valence-corrected chi connectivity index (χ4v) is 2.88. The lowest BCUT2D eigenvalue weighted by molar-refractivity contribution is 0.534. The van der Waals surface area contributed by atoms with Crippen molar-refractivity contribution in [1.82, 2.24) is 0 Å². The van der Waals surface area contributed by atoms with Crippen LogP contribution in [0.15, 0.2) is 0 Å². The fraction of sp³-hybridized carbons (Fsp3) is 1.00. The Morgan fingerprint density at radius 2 is 1.92 bits per heavy atom. The van der Waals surface area contributed by atoms with Crippen LogP contribution in [0, 0.1) is 11.3 Å². The summed E-state index contributed by atoms with van der Waals surface area (Å²) >= 11 is 2.14. The molecular formula is C11H23NS. The minimum Gasteiger partial charge on any atom is -0.330 e. The zero-order valence-corrected chi connectivity index (χ0v) is 9.99. The molecule has 13 heavy (non-hydrogen) atoms. The summed E-state index contributed by atoms with van der Waals surface area (Å²) in [5.41, 5.74) is 6.27. The molecule has 1 saturated carbocycles. The van der Waals surface area contributed by atoms with Crippen molar-refractivity contribution >= 4 is 11.8 Å². The molecule has 78 valence electrons. The molecule has 1 aliphatic rings. The summed E-state index contributed by atoms with van der Waals surface area (Å²) in [6.07, 6.45) is 4.08. The van der Waals surface area contributed by atoms with Gasteiger partial charge in [0.2, 0.25) is 0 Å². The zero-order chi connectivity index (χ0) is 9.90. The van der Waals surface area contributed by atoms with Gasteiger partial charge < -0.3 is 5.73 Å². The molecule has 2 heteroatoms. The van der Waals surface area contributed by atoms with Crippen LogP contribution in [0.5, 0.6) is 0 Å². The van der Waals surface area contributed by atoms with E-state index in [1.807, 2.05) is 0 Å². The maximum atomic E-state index is 5.61. The maximum absolute atomic E-state index is 5.61. The van der Waals surface area contributed by atoms with Crippen LogP contribution in [0.1, 0.15) is 40.0 Å². The maximum Gasteiger partial charge on any atom is 0.00419 e. The fourth-order valence-electron chi connectivity index (χ4n) is 1.45. The van der Waals surface area contributed by atoms with Gasteiger partial charge in [0, 0.05) is 5.25 Å². The second kappa shape index (κ2) is 4.70. The van der Waals surface area contributed by atoms with E-state index in [-0.39, 0.29) is 0 Å². The van der Waals surface area contributed by atoms with Crippen LogP contribution in [-0.2, 0) is 0 Å². The first-order valence-corrected chi connectivity index (χ1v) is 6.46. The van der Waals surface area contributed by atoms with Gasteiger partial charge in [0.15, 0.2) is 0 Å². The van der Waals surface area contributed by atoms with Gasteiger partial charge in [-0.1, -0.05) is 20.8 Å². The molecule has 1 aliphatic carbocycles. The Morgan fingerprint density at radius 3 is 2.31 bits per heavy atom. The normalized spacial score (nSPS) is 21.9. The summed E-state index contributed by atoms with van der Waals surface area (Å²) in [6, 6.07) is 0. The van der Waals surface area contributed by atoms with Crippen LogP contribution in [0.2, 0.25) is 0 Å². The van der Waals surface area contributed by atoms with Gasteiger partial charge in [-0.15, -0.1) is 0 Å². The number of thioether (sulfide) groups is 1. The van der Waals surface area contributed by atoms with Crippen molar-refractivity contribution in [3.63, 3.8) is 0 Å². The van der Waals surface area contributed by atoms with Crippen molar-refractivity contribution in [3.8, 4) is 0 Å². The van der Waals surface area contributed by atoms with Crippen LogP contribution < -0.4 is 5.73 Å². The van der Waals surface area contributed by atoms with Gasteiger partial charge in [-0.2, -0.15) is 11.8 Å². The molecule has 0 amide bonds. The Hall–Kier alpha value is 0.310. The van der Waals surface area contributed by atoms with Gasteiger partial charge in [-0.25, -0.2) is 0 Å². The third-order valence-corrected chi connectivity index (χ3v) is 5.07.